The van der Waals surface area contributed by atoms with Crippen LogP contribution in [0.2, 0.25) is 0 Å². The Bertz CT molecular complexity index is 526. The van der Waals surface area contributed by atoms with Gasteiger partial charge in [0.2, 0.25) is 0 Å². The molecule has 0 aromatic heterocycles. The van der Waals surface area contributed by atoms with Crippen LogP contribution in [0.1, 0.15) is 18.1 Å². The van der Waals surface area contributed by atoms with E-state index in [0.29, 0.717) is 5.69 Å². The lowest BCUT2D eigenvalue weighted by atomic mass is 10.1. The van der Waals surface area contributed by atoms with Gasteiger partial charge in [0.05, 0.1) is 5.69 Å². The predicted molar refractivity (Wildman–Crippen MR) is 78.7 cm³/mol. The molecular formula is C16H20N2O. The first-order valence-corrected chi connectivity index (χ1v) is 6.52. The Balaban J connectivity index is 2.04. The second-order valence-electron chi connectivity index (χ2n) is 4.68. The van der Waals surface area contributed by atoms with Gasteiger partial charge in [-0.1, -0.05) is 43.3 Å². The van der Waals surface area contributed by atoms with Crippen LogP contribution in [0.3, 0.4) is 0 Å². The molecule has 2 aromatic rings. The molecule has 0 aliphatic heterocycles. The van der Waals surface area contributed by atoms with Crippen molar-refractivity contribution < 1.29 is 5.11 Å². The van der Waals surface area contributed by atoms with Gasteiger partial charge < -0.3 is 10.8 Å². The molecule has 3 nitrogen and oxygen atoms in total. The lowest BCUT2D eigenvalue weighted by Gasteiger charge is -2.21. The number of nitrogens with zero attached hydrogens (tertiary/aromatic N) is 1. The maximum absolute atomic E-state index is 9.43. The molecule has 0 unspecified atom stereocenters. The van der Waals surface area contributed by atoms with Gasteiger partial charge in [0.15, 0.2) is 0 Å². The molecule has 0 aliphatic carbocycles. The van der Waals surface area contributed by atoms with E-state index in [4.69, 9.17) is 5.73 Å². The Morgan fingerprint density at radius 3 is 2.32 bits per heavy atom. The molecule has 0 bridgehead atoms. The van der Waals surface area contributed by atoms with Crippen LogP contribution < -0.4 is 5.73 Å². The summed E-state index contributed by atoms with van der Waals surface area (Å²) in [4.78, 5) is 2.33. The maximum Gasteiger partial charge on any atom is 0.138 e. The van der Waals surface area contributed by atoms with Gasteiger partial charge in [0, 0.05) is 13.1 Å². The first kappa shape index (κ1) is 13.4. The van der Waals surface area contributed by atoms with Crippen molar-refractivity contribution in [2.45, 2.75) is 20.0 Å². The molecule has 3 N–H and O–H groups in total. The molecule has 0 fully saturated rings. The summed E-state index contributed by atoms with van der Waals surface area (Å²) in [6.45, 7) is 4.86. The van der Waals surface area contributed by atoms with Crippen molar-refractivity contribution in [3.05, 3.63) is 59.7 Å². The average Bonchev–Trinajstić information content (AvgIpc) is 2.43. The zero-order valence-electron chi connectivity index (χ0n) is 11.2. The largest absolute Gasteiger partial charge is 0.506 e. The summed E-state index contributed by atoms with van der Waals surface area (Å²) < 4.78 is 0. The molecule has 0 radical (unpaired) electrons. The molecule has 2 rings (SSSR count). The van der Waals surface area contributed by atoms with E-state index in [-0.39, 0.29) is 5.75 Å². The van der Waals surface area contributed by atoms with Crippen LogP contribution in [0.25, 0.3) is 0 Å². The molecule has 0 spiro atoms. The summed E-state index contributed by atoms with van der Waals surface area (Å²) in [7, 11) is 0. The van der Waals surface area contributed by atoms with Crippen molar-refractivity contribution in [3.63, 3.8) is 0 Å². The van der Waals surface area contributed by atoms with Crippen LogP contribution in [0.5, 0.6) is 5.75 Å². The fourth-order valence-electron chi connectivity index (χ4n) is 2.08. The Morgan fingerprint density at radius 2 is 1.68 bits per heavy atom. The van der Waals surface area contributed by atoms with Gasteiger partial charge in [0.25, 0.3) is 0 Å². The minimum Gasteiger partial charge on any atom is -0.506 e. The summed E-state index contributed by atoms with van der Waals surface area (Å²) in [5.74, 6) is 0.148. The van der Waals surface area contributed by atoms with Crippen LogP contribution in [0.15, 0.2) is 48.5 Å². The van der Waals surface area contributed by atoms with E-state index in [1.165, 1.54) is 5.56 Å². The summed E-state index contributed by atoms with van der Waals surface area (Å²) in [6.07, 6.45) is 0. The Kier molecular flexibility index (Phi) is 4.42. The monoisotopic (exact) mass is 256 g/mol. The van der Waals surface area contributed by atoms with Gasteiger partial charge in [0.1, 0.15) is 5.75 Å². The molecule has 3 heteroatoms. The zero-order valence-corrected chi connectivity index (χ0v) is 11.2. The fraction of sp³-hybridized carbons (Fsp3) is 0.250. The summed E-state index contributed by atoms with van der Waals surface area (Å²) in [6, 6.07) is 15.8. The van der Waals surface area contributed by atoms with E-state index >= 15 is 0 Å². The van der Waals surface area contributed by atoms with Gasteiger partial charge in [-0.15, -0.1) is 0 Å². The second-order valence-corrected chi connectivity index (χ2v) is 4.68. The highest BCUT2D eigenvalue weighted by Gasteiger charge is 2.06. The Morgan fingerprint density at radius 1 is 1.00 bits per heavy atom. The number of anilines is 1. The van der Waals surface area contributed by atoms with Gasteiger partial charge >= 0.3 is 0 Å². The molecule has 0 aliphatic rings. The minimum absolute atomic E-state index is 0.148. The number of nitrogens with two attached hydrogens (primary N) is 1. The van der Waals surface area contributed by atoms with Gasteiger partial charge in [-0.2, -0.15) is 0 Å². The zero-order chi connectivity index (χ0) is 13.7. The third kappa shape index (κ3) is 3.73. The quantitative estimate of drug-likeness (QED) is 0.638. The van der Waals surface area contributed by atoms with E-state index in [9.17, 15) is 5.11 Å². The highest BCUT2D eigenvalue weighted by Crippen LogP contribution is 2.21. The molecule has 19 heavy (non-hydrogen) atoms. The normalized spacial score (nSPS) is 10.8. The standard InChI is InChI=1S/C16H20N2O/c1-2-18(11-13-6-4-3-5-7-13)12-14-8-9-16(19)15(17)10-14/h3-10,19H,2,11-12,17H2,1H3. The van der Waals surface area contributed by atoms with Crippen LogP contribution in [0, 0.1) is 0 Å². The Labute approximate surface area is 114 Å². The number of phenolic OH excluding ortho intramolecular Hbond substituents is 1. The van der Waals surface area contributed by atoms with Gasteiger partial charge in [-0.3, -0.25) is 4.90 Å². The number of aromatic hydroxyl groups is 1. The van der Waals surface area contributed by atoms with E-state index in [0.717, 1.165) is 25.2 Å². The van der Waals surface area contributed by atoms with Crippen molar-refractivity contribution in [1.82, 2.24) is 4.90 Å². The van der Waals surface area contributed by atoms with Gasteiger partial charge in [-0.25, -0.2) is 0 Å². The summed E-state index contributed by atoms with van der Waals surface area (Å²) >= 11 is 0. The average molecular weight is 256 g/mol. The Hall–Kier alpha value is -2.00. The van der Waals surface area contributed by atoms with E-state index in [1.807, 2.05) is 18.2 Å². The smallest absolute Gasteiger partial charge is 0.138 e. The molecule has 0 saturated carbocycles. The lowest BCUT2D eigenvalue weighted by Crippen LogP contribution is -2.22. The van der Waals surface area contributed by atoms with Gasteiger partial charge in [-0.05, 0) is 29.8 Å². The number of hydrogen-bond donors (Lipinski definition) is 2. The van der Waals surface area contributed by atoms with E-state index < -0.39 is 0 Å². The number of nitrogen functional groups attached to an aromatic ring is 1. The molecular weight excluding hydrogens is 236 g/mol. The number of phenols is 1. The third-order valence-electron chi connectivity index (χ3n) is 3.19. The number of hydrogen-bond acceptors (Lipinski definition) is 3. The number of benzene rings is 2. The third-order valence-corrected chi connectivity index (χ3v) is 3.19. The molecule has 0 saturated heterocycles. The molecule has 0 amide bonds. The highest BCUT2D eigenvalue weighted by molar-refractivity contribution is 5.53. The van der Waals surface area contributed by atoms with E-state index in [1.54, 1.807) is 6.07 Å². The van der Waals surface area contributed by atoms with Crippen molar-refractivity contribution in [2.75, 3.05) is 12.3 Å². The van der Waals surface area contributed by atoms with Crippen LogP contribution in [0.4, 0.5) is 5.69 Å². The second kappa shape index (κ2) is 6.25. The molecule has 0 atom stereocenters. The van der Waals surface area contributed by atoms with Crippen molar-refractivity contribution in [3.8, 4) is 5.75 Å². The summed E-state index contributed by atoms with van der Waals surface area (Å²) in [5.41, 5.74) is 8.58. The highest BCUT2D eigenvalue weighted by atomic mass is 16.3. The van der Waals surface area contributed by atoms with Crippen LogP contribution in [-0.4, -0.2) is 16.6 Å². The molecule has 2 aromatic carbocycles. The van der Waals surface area contributed by atoms with Crippen molar-refractivity contribution in [1.29, 1.82) is 0 Å². The SMILES string of the molecule is CCN(Cc1ccccc1)Cc1ccc(O)c(N)c1. The van der Waals surface area contributed by atoms with Crippen molar-refractivity contribution >= 4 is 5.69 Å². The maximum atomic E-state index is 9.43. The molecule has 100 valence electrons. The lowest BCUT2D eigenvalue weighted by molar-refractivity contribution is 0.271. The first-order chi connectivity index (χ1) is 9.19. The summed E-state index contributed by atoms with van der Waals surface area (Å²) in [5, 5.41) is 9.43. The fourth-order valence-corrected chi connectivity index (χ4v) is 2.08. The van der Waals surface area contributed by atoms with Crippen LogP contribution in [-0.2, 0) is 13.1 Å². The van der Waals surface area contributed by atoms with E-state index in [2.05, 4.69) is 36.1 Å². The predicted octanol–water partition coefficient (Wildman–Crippen LogP) is 3.00. The minimum atomic E-state index is 0.148. The number of rotatable bonds is 5. The molecule has 0 heterocycles. The topological polar surface area (TPSA) is 49.5 Å². The van der Waals surface area contributed by atoms with Crippen LogP contribution >= 0.6 is 0 Å². The van der Waals surface area contributed by atoms with Crippen molar-refractivity contribution in [2.24, 2.45) is 0 Å². The first-order valence-electron chi connectivity index (χ1n) is 6.52.